The number of nitriles is 1. The lowest BCUT2D eigenvalue weighted by Crippen LogP contribution is -2.58. The topological polar surface area (TPSA) is 65.3 Å². The van der Waals surface area contributed by atoms with E-state index >= 15 is 0 Å². The van der Waals surface area contributed by atoms with Gasteiger partial charge in [-0.15, -0.1) is 6.58 Å². The zero-order valence-electron chi connectivity index (χ0n) is 17.6. The second-order valence-electron chi connectivity index (χ2n) is 8.46. The summed E-state index contributed by atoms with van der Waals surface area (Å²) in [5.41, 5.74) is 3.65. The molecule has 5 heteroatoms. The zero-order valence-corrected chi connectivity index (χ0v) is 18.3. The number of nitrogens with zero attached hydrogens (tertiary/aromatic N) is 1. The first-order valence-corrected chi connectivity index (χ1v) is 9.98. The molecule has 4 nitrogen and oxygen atoms in total. The summed E-state index contributed by atoms with van der Waals surface area (Å²) < 4.78 is 5.55. The van der Waals surface area contributed by atoms with Crippen molar-refractivity contribution in [3.63, 3.8) is 0 Å². The number of nitrogens with one attached hydrogen (secondary N) is 1. The van der Waals surface area contributed by atoms with Crippen LogP contribution < -0.4 is 10.1 Å². The largest absolute Gasteiger partial charge is 0.495 e. The Balaban J connectivity index is 2.39. The highest BCUT2D eigenvalue weighted by atomic mass is 35.5. The number of aryl methyl sites for hydroxylation is 1. The molecule has 1 heterocycles. The maximum Gasteiger partial charge on any atom is 0.144 e. The highest BCUT2D eigenvalue weighted by Crippen LogP contribution is 2.53. The molecule has 0 spiro atoms. The van der Waals surface area contributed by atoms with E-state index in [0.29, 0.717) is 22.8 Å². The van der Waals surface area contributed by atoms with Crippen LogP contribution in [0.4, 0.5) is 5.69 Å². The van der Waals surface area contributed by atoms with Crippen LogP contribution in [0.5, 0.6) is 5.75 Å². The second-order valence-corrected chi connectivity index (χ2v) is 8.84. The van der Waals surface area contributed by atoms with Crippen LogP contribution in [0.25, 0.3) is 11.1 Å². The second kappa shape index (κ2) is 7.40. The summed E-state index contributed by atoms with van der Waals surface area (Å²) in [7, 11) is 1.55. The predicted molar refractivity (Wildman–Crippen MR) is 119 cm³/mol. The van der Waals surface area contributed by atoms with E-state index in [9.17, 15) is 10.4 Å². The lowest BCUT2D eigenvalue weighted by molar-refractivity contribution is 0.0360. The van der Waals surface area contributed by atoms with Crippen molar-refractivity contribution in [1.29, 1.82) is 5.26 Å². The number of aliphatic hydroxyl groups excluding tert-OH is 1. The van der Waals surface area contributed by atoms with Crippen molar-refractivity contribution >= 4 is 17.3 Å². The number of hydrogen-bond acceptors (Lipinski definition) is 4. The molecule has 2 aromatic carbocycles. The van der Waals surface area contributed by atoms with Crippen molar-refractivity contribution in [3.8, 4) is 22.9 Å². The van der Waals surface area contributed by atoms with E-state index in [4.69, 9.17) is 16.3 Å². The Morgan fingerprint density at radius 3 is 2.62 bits per heavy atom. The average Bonchev–Trinajstić information content (AvgIpc) is 2.68. The molecule has 0 bridgehead atoms. The summed E-state index contributed by atoms with van der Waals surface area (Å²) in [5.74, 6) is 0.492. The molecule has 2 N–H and O–H groups in total. The van der Waals surface area contributed by atoms with Crippen molar-refractivity contribution in [1.82, 2.24) is 0 Å². The van der Waals surface area contributed by atoms with Crippen molar-refractivity contribution in [2.24, 2.45) is 0 Å². The molecule has 0 amide bonds. The Morgan fingerprint density at radius 1 is 1.34 bits per heavy atom. The molecule has 1 aliphatic heterocycles. The van der Waals surface area contributed by atoms with E-state index in [-0.39, 0.29) is 0 Å². The molecule has 0 saturated carbocycles. The number of methoxy groups -OCH3 is 1. The van der Waals surface area contributed by atoms with E-state index in [2.05, 4.69) is 18.0 Å². The minimum atomic E-state index is -0.681. The number of halogens is 1. The third-order valence-electron chi connectivity index (χ3n) is 5.96. The van der Waals surface area contributed by atoms with Crippen LogP contribution >= 0.6 is 11.6 Å². The quantitative estimate of drug-likeness (QED) is 0.644. The summed E-state index contributed by atoms with van der Waals surface area (Å²) in [6.45, 7) is 11.9. The Labute approximate surface area is 177 Å². The first-order valence-electron chi connectivity index (χ1n) is 9.60. The summed E-state index contributed by atoms with van der Waals surface area (Å²) in [5, 5.41) is 24.8. The van der Waals surface area contributed by atoms with Gasteiger partial charge in [0.1, 0.15) is 11.8 Å². The molecule has 29 heavy (non-hydrogen) atoms. The molecular weight excluding hydrogens is 384 g/mol. The van der Waals surface area contributed by atoms with Crippen LogP contribution in [0.3, 0.4) is 0 Å². The summed E-state index contributed by atoms with van der Waals surface area (Å²) >= 11 is 7.01. The summed E-state index contributed by atoms with van der Waals surface area (Å²) in [6.07, 6.45) is 1.72. The van der Waals surface area contributed by atoms with Crippen LogP contribution in [0, 0.1) is 18.3 Å². The molecule has 0 fully saturated rings. The highest BCUT2D eigenvalue weighted by molar-refractivity contribution is 6.35. The van der Waals surface area contributed by atoms with Crippen molar-refractivity contribution in [3.05, 3.63) is 58.6 Å². The number of para-hydroxylation sites is 1. The van der Waals surface area contributed by atoms with Gasteiger partial charge in [-0.2, -0.15) is 5.26 Å². The van der Waals surface area contributed by atoms with Crippen LogP contribution in [-0.2, 0) is 5.41 Å². The number of aliphatic hydroxyl groups is 1. The number of hydrogen-bond donors (Lipinski definition) is 2. The standard InChI is InChI=1S/C24H27ClN2O2/c1-7-11-24(5)18-19(25)17(16-10-8-9-15(13-26)21(16)29-6)12-14(2)20(18)27-23(3,4)22(24)28/h7-10,12,22,27-28H,1,11H2,2-6H3. The lowest BCUT2D eigenvalue weighted by Gasteiger charge is -2.50. The van der Waals surface area contributed by atoms with Crippen LogP contribution in [0.2, 0.25) is 5.02 Å². The molecule has 3 rings (SSSR count). The van der Waals surface area contributed by atoms with E-state index in [1.165, 1.54) is 0 Å². The van der Waals surface area contributed by atoms with Crippen LogP contribution in [0.15, 0.2) is 36.9 Å². The molecule has 2 atom stereocenters. The minimum absolute atomic E-state index is 0.449. The monoisotopic (exact) mass is 410 g/mol. The van der Waals surface area contributed by atoms with Crippen molar-refractivity contribution in [2.45, 2.75) is 51.2 Å². The van der Waals surface area contributed by atoms with Gasteiger partial charge in [-0.1, -0.05) is 36.7 Å². The van der Waals surface area contributed by atoms with Gasteiger partial charge in [0.2, 0.25) is 0 Å². The van der Waals surface area contributed by atoms with E-state index < -0.39 is 17.1 Å². The fourth-order valence-corrected chi connectivity index (χ4v) is 5.05. The van der Waals surface area contributed by atoms with E-state index in [1.807, 2.05) is 52.0 Å². The molecule has 0 saturated heterocycles. The average molecular weight is 411 g/mol. The molecule has 0 aromatic heterocycles. The molecule has 0 radical (unpaired) electrons. The zero-order chi connectivity index (χ0) is 21.6. The fraction of sp³-hybridized carbons (Fsp3) is 0.375. The van der Waals surface area contributed by atoms with Gasteiger partial charge in [0.05, 0.1) is 29.3 Å². The smallest absolute Gasteiger partial charge is 0.144 e. The van der Waals surface area contributed by atoms with Crippen molar-refractivity contribution in [2.75, 3.05) is 12.4 Å². The number of anilines is 1. The molecule has 1 aliphatic rings. The minimum Gasteiger partial charge on any atom is -0.495 e. The first kappa shape index (κ1) is 21.2. The number of fused-ring (bicyclic) bond motifs is 1. The lowest BCUT2D eigenvalue weighted by atomic mass is 9.64. The fourth-order valence-electron chi connectivity index (χ4n) is 4.58. The van der Waals surface area contributed by atoms with Crippen LogP contribution in [0.1, 0.15) is 43.9 Å². The number of rotatable bonds is 4. The first-order chi connectivity index (χ1) is 13.6. The third-order valence-corrected chi connectivity index (χ3v) is 6.36. The van der Waals surface area contributed by atoms with Gasteiger partial charge in [-0.3, -0.25) is 0 Å². The van der Waals surface area contributed by atoms with Gasteiger partial charge < -0.3 is 15.2 Å². The normalized spacial score (nSPS) is 22.2. The number of benzene rings is 2. The van der Waals surface area contributed by atoms with Gasteiger partial charge in [0.25, 0.3) is 0 Å². The van der Waals surface area contributed by atoms with Gasteiger partial charge in [-0.05, 0) is 44.9 Å². The van der Waals surface area contributed by atoms with Gasteiger partial charge >= 0.3 is 0 Å². The number of allylic oxidation sites excluding steroid dienone is 1. The number of ether oxygens (including phenoxy) is 1. The predicted octanol–water partition coefficient (Wildman–Crippen LogP) is 5.59. The molecule has 152 valence electrons. The molecular formula is C24H27ClN2O2. The van der Waals surface area contributed by atoms with E-state index in [0.717, 1.165) is 27.9 Å². The third kappa shape index (κ3) is 3.19. The maximum absolute atomic E-state index is 11.3. The molecule has 0 aliphatic carbocycles. The Kier molecular flexibility index (Phi) is 5.42. The molecule has 2 unspecified atom stereocenters. The Bertz CT molecular complexity index is 1020. The van der Waals surface area contributed by atoms with Gasteiger partial charge in [0.15, 0.2) is 0 Å². The van der Waals surface area contributed by atoms with Gasteiger partial charge in [-0.25, -0.2) is 0 Å². The van der Waals surface area contributed by atoms with Crippen LogP contribution in [-0.4, -0.2) is 23.9 Å². The molecule has 2 aromatic rings. The summed E-state index contributed by atoms with van der Waals surface area (Å²) in [4.78, 5) is 0. The SMILES string of the molecule is C=CCC1(C)c2c(Cl)c(-c3cccc(C#N)c3OC)cc(C)c2NC(C)(C)C1O. The van der Waals surface area contributed by atoms with Crippen molar-refractivity contribution < 1.29 is 9.84 Å². The maximum atomic E-state index is 11.3. The Morgan fingerprint density at radius 2 is 2.03 bits per heavy atom. The van der Waals surface area contributed by atoms with Gasteiger partial charge in [0, 0.05) is 27.8 Å². The highest BCUT2D eigenvalue weighted by Gasteiger charge is 2.50. The Hall–Kier alpha value is -2.48. The summed E-state index contributed by atoms with van der Waals surface area (Å²) in [6, 6.07) is 9.62. The van der Waals surface area contributed by atoms with E-state index in [1.54, 1.807) is 13.2 Å².